The van der Waals surface area contributed by atoms with Crippen molar-refractivity contribution in [3.05, 3.63) is 53.6 Å². The van der Waals surface area contributed by atoms with Crippen molar-refractivity contribution in [2.45, 2.75) is 19.4 Å². The number of ether oxygens (including phenoxy) is 1. The maximum absolute atomic E-state index is 5.99. The SMILES string of the molecule is CC(C)(Oc1ccc(Cl)cc1)c1ccn2ncnc2n1. The molecule has 0 saturated carbocycles. The van der Waals surface area contributed by atoms with Gasteiger partial charge in [-0.3, -0.25) is 0 Å². The number of rotatable bonds is 3. The van der Waals surface area contributed by atoms with Crippen LogP contribution in [-0.2, 0) is 5.60 Å². The Morgan fingerprint density at radius 1 is 1.15 bits per heavy atom. The highest BCUT2D eigenvalue weighted by molar-refractivity contribution is 6.30. The molecular formula is C14H13ClN4O. The van der Waals surface area contributed by atoms with Gasteiger partial charge in [0.15, 0.2) is 0 Å². The molecule has 20 heavy (non-hydrogen) atoms. The van der Waals surface area contributed by atoms with E-state index >= 15 is 0 Å². The first kappa shape index (κ1) is 12.9. The molecule has 0 fully saturated rings. The summed E-state index contributed by atoms with van der Waals surface area (Å²) in [7, 11) is 0. The smallest absolute Gasteiger partial charge is 0.252 e. The van der Waals surface area contributed by atoms with Crippen LogP contribution in [0.1, 0.15) is 19.5 Å². The Labute approximate surface area is 121 Å². The van der Waals surface area contributed by atoms with Gasteiger partial charge in [-0.05, 0) is 44.2 Å². The molecule has 102 valence electrons. The van der Waals surface area contributed by atoms with Gasteiger partial charge in [-0.2, -0.15) is 10.1 Å². The van der Waals surface area contributed by atoms with Gasteiger partial charge in [0, 0.05) is 11.2 Å². The van der Waals surface area contributed by atoms with Crippen molar-refractivity contribution < 1.29 is 4.74 Å². The van der Waals surface area contributed by atoms with Gasteiger partial charge in [-0.1, -0.05) is 11.6 Å². The van der Waals surface area contributed by atoms with E-state index in [4.69, 9.17) is 16.3 Å². The minimum atomic E-state index is -0.582. The van der Waals surface area contributed by atoms with E-state index in [1.807, 2.05) is 38.2 Å². The summed E-state index contributed by atoms with van der Waals surface area (Å²) in [5.74, 6) is 1.29. The van der Waals surface area contributed by atoms with Crippen molar-refractivity contribution in [1.29, 1.82) is 0 Å². The molecule has 0 unspecified atom stereocenters. The number of hydrogen-bond donors (Lipinski definition) is 0. The lowest BCUT2D eigenvalue weighted by Crippen LogP contribution is -2.27. The van der Waals surface area contributed by atoms with Crippen molar-refractivity contribution in [3.63, 3.8) is 0 Å². The Hall–Kier alpha value is -2.14. The van der Waals surface area contributed by atoms with Gasteiger partial charge in [0.2, 0.25) is 0 Å². The van der Waals surface area contributed by atoms with Crippen LogP contribution < -0.4 is 4.74 Å². The molecule has 0 spiro atoms. The number of halogens is 1. The molecule has 0 saturated heterocycles. The molecule has 2 aromatic heterocycles. The lowest BCUT2D eigenvalue weighted by Gasteiger charge is -2.25. The molecule has 0 bridgehead atoms. The molecule has 0 N–H and O–H groups in total. The van der Waals surface area contributed by atoms with Crippen LogP contribution in [0.25, 0.3) is 5.78 Å². The third-order valence-corrected chi connectivity index (χ3v) is 3.20. The minimum absolute atomic E-state index is 0.551. The fourth-order valence-electron chi connectivity index (χ4n) is 1.90. The van der Waals surface area contributed by atoms with Crippen molar-refractivity contribution in [3.8, 4) is 5.75 Å². The maximum Gasteiger partial charge on any atom is 0.252 e. The van der Waals surface area contributed by atoms with Crippen LogP contribution in [0, 0.1) is 0 Å². The highest BCUT2D eigenvalue weighted by atomic mass is 35.5. The van der Waals surface area contributed by atoms with Crippen molar-refractivity contribution in [2.75, 3.05) is 0 Å². The molecule has 3 rings (SSSR count). The van der Waals surface area contributed by atoms with Gasteiger partial charge >= 0.3 is 0 Å². The lowest BCUT2D eigenvalue weighted by molar-refractivity contribution is 0.104. The van der Waals surface area contributed by atoms with Gasteiger partial charge < -0.3 is 4.74 Å². The zero-order valence-electron chi connectivity index (χ0n) is 11.1. The summed E-state index contributed by atoms with van der Waals surface area (Å²) < 4.78 is 7.60. The van der Waals surface area contributed by atoms with Crippen LogP contribution in [0.3, 0.4) is 0 Å². The minimum Gasteiger partial charge on any atom is -0.482 e. The Kier molecular flexibility index (Phi) is 3.06. The molecule has 0 atom stereocenters. The number of aromatic nitrogens is 4. The maximum atomic E-state index is 5.99. The van der Waals surface area contributed by atoms with E-state index < -0.39 is 5.60 Å². The third-order valence-electron chi connectivity index (χ3n) is 2.95. The first-order valence-electron chi connectivity index (χ1n) is 6.16. The molecule has 3 aromatic rings. The molecule has 0 amide bonds. The zero-order valence-corrected chi connectivity index (χ0v) is 11.9. The normalized spacial score (nSPS) is 11.8. The summed E-state index contributed by atoms with van der Waals surface area (Å²) in [6.07, 6.45) is 3.29. The van der Waals surface area contributed by atoms with Crippen LogP contribution in [0.2, 0.25) is 5.02 Å². The molecule has 2 heterocycles. The van der Waals surface area contributed by atoms with Crippen molar-refractivity contribution in [2.24, 2.45) is 0 Å². The average Bonchev–Trinajstić information content (AvgIpc) is 2.88. The van der Waals surface area contributed by atoms with Gasteiger partial charge in [0.1, 0.15) is 17.7 Å². The molecule has 6 heteroatoms. The summed E-state index contributed by atoms with van der Waals surface area (Å²) in [5, 5.41) is 4.70. The molecule has 5 nitrogen and oxygen atoms in total. The topological polar surface area (TPSA) is 52.3 Å². The summed E-state index contributed by atoms with van der Waals surface area (Å²) >= 11 is 5.87. The van der Waals surface area contributed by atoms with Crippen LogP contribution >= 0.6 is 11.6 Å². The van der Waals surface area contributed by atoms with E-state index in [0.29, 0.717) is 10.8 Å². The summed E-state index contributed by atoms with van der Waals surface area (Å²) in [4.78, 5) is 8.54. The lowest BCUT2D eigenvalue weighted by atomic mass is 10.0. The van der Waals surface area contributed by atoms with Crippen LogP contribution in [0.4, 0.5) is 0 Å². The second kappa shape index (κ2) is 4.76. The zero-order chi connectivity index (χ0) is 14.2. The molecule has 0 aliphatic rings. The van der Waals surface area contributed by atoms with Crippen LogP contribution in [0.15, 0.2) is 42.9 Å². The summed E-state index contributed by atoms with van der Waals surface area (Å²) in [5.41, 5.74) is 0.203. The monoisotopic (exact) mass is 288 g/mol. The van der Waals surface area contributed by atoms with Gasteiger partial charge in [-0.25, -0.2) is 9.50 Å². The fourth-order valence-corrected chi connectivity index (χ4v) is 2.03. The Bertz CT molecular complexity index is 736. The first-order chi connectivity index (χ1) is 9.54. The van der Waals surface area contributed by atoms with Crippen LogP contribution in [-0.4, -0.2) is 19.6 Å². The molecule has 0 radical (unpaired) electrons. The molecule has 0 aliphatic heterocycles. The predicted octanol–water partition coefficient (Wildman–Crippen LogP) is 3.09. The predicted molar refractivity (Wildman–Crippen MR) is 75.9 cm³/mol. The Balaban J connectivity index is 1.91. The average molecular weight is 289 g/mol. The largest absolute Gasteiger partial charge is 0.482 e. The van der Waals surface area contributed by atoms with E-state index in [-0.39, 0.29) is 0 Å². The molecule has 1 aromatic carbocycles. The Morgan fingerprint density at radius 2 is 1.90 bits per heavy atom. The highest BCUT2D eigenvalue weighted by Crippen LogP contribution is 2.27. The summed E-state index contributed by atoms with van der Waals surface area (Å²) in [6, 6.07) is 9.13. The number of nitrogens with zero attached hydrogens (tertiary/aromatic N) is 4. The highest BCUT2D eigenvalue weighted by Gasteiger charge is 2.25. The van der Waals surface area contributed by atoms with Crippen molar-refractivity contribution >= 4 is 17.4 Å². The van der Waals surface area contributed by atoms with Crippen LogP contribution in [0.5, 0.6) is 5.75 Å². The number of fused-ring (bicyclic) bond motifs is 1. The molecular weight excluding hydrogens is 276 g/mol. The van der Waals surface area contributed by atoms with E-state index in [1.165, 1.54) is 6.33 Å². The first-order valence-corrected chi connectivity index (χ1v) is 6.54. The van der Waals surface area contributed by atoms with E-state index in [2.05, 4.69) is 15.1 Å². The second-order valence-electron chi connectivity index (χ2n) is 4.88. The number of hydrogen-bond acceptors (Lipinski definition) is 4. The second-order valence-corrected chi connectivity index (χ2v) is 5.32. The summed E-state index contributed by atoms with van der Waals surface area (Å²) in [6.45, 7) is 3.91. The number of benzene rings is 1. The van der Waals surface area contributed by atoms with Gasteiger partial charge in [-0.15, -0.1) is 0 Å². The quantitative estimate of drug-likeness (QED) is 0.743. The van der Waals surface area contributed by atoms with E-state index in [1.54, 1.807) is 16.6 Å². The van der Waals surface area contributed by atoms with Crippen molar-refractivity contribution in [1.82, 2.24) is 19.6 Å². The van der Waals surface area contributed by atoms with E-state index in [0.717, 1.165) is 11.4 Å². The third kappa shape index (κ3) is 2.44. The van der Waals surface area contributed by atoms with Gasteiger partial charge in [0.05, 0.1) is 5.69 Å². The van der Waals surface area contributed by atoms with E-state index in [9.17, 15) is 0 Å². The van der Waals surface area contributed by atoms with Gasteiger partial charge in [0.25, 0.3) is 5.78 Å². The fraction of sp³-hybridized carbons (Fsp3) is 0.214. The Morgan fingerprint density at radius 3 is 2.65 bits per heavy atom. The standard InChI is InChI=1S/C14H13ClN4O/c1-14(2,20-11-5-3-10(15)4-6-11)12-7-8-19-13(18-12)16-9-17-19/h3-9H,1-2H3. The molecule has 0 aliphatic carbocycles.